The Balaban J connectivity index is 0.00000420. The quantitative estimate of drug-likeness (QED) is 0.189. The number of thioether (sulfide) groups is 1. The number of hydrogen-bond acceptors (Lipinski definition) is 10. The molecule has 1 saturated heterocycles. The fourth-order valence-corrected chi connectivity index (χ4v) is 4.14. The molecular formula is C16H19N3O8SZn. The molecule has 1 fully saturated rings. The van der Waals surface area contributed by atoms with Crippen LogP contribution < -0.4 is 21.3 Å². The van der Waals surface area contributed by atoms with Crippen molar-refractivity contribution in [2.75, 3.05) is 12.4 Å². The molecule has 154 valence electrons. The SMILES string of the molecule is CC(=O)OCC1=C(C(=O)[O-])N2C(=O)[C@H](NC(=O)CCC[C@@H](N)C(=O)[O-])[C@@H]2SC1.[Zn+2]. The fraction of sp³-hybridized carbons (Fsp3) is 0.562. The minimum atomic E-state index is -1.57. The van der Waals surface area contributed by atoms with Crippen molar-refractivity contribution in [3.8, 4) is 0 Å². The monoisotopic (exact) mass is 477 g/mol. The number of fused-ring (bicyclic) bond motifs is 1. The van der Waals surface area contributed by atoms with Crippen molar-refractivity contribution in [1.29, 1.82) is 0 Å². The minimum Gasteiger partial charge on any atom is -0.548 e. The van der Waals surface area contributed by atoms with Gasteiger partial charge in [0.15, 0.2) is 0 Å². The number of esters is 1. The van der Waals surface area contributed by atoms with Crippen LogP contribution in [0.2, 0.25) is 0 Å². The first-order valence-corrected chi connectivity index (χ1v) is 9.45. The van der Waals surface area contributed by atoms with Crippen molar-refractivity contribution in [2.24, 2.45) is 5.73 Å². The molecule has 3 N–H and O–H groups in total. The fourth-order valence-electron chi connectivity index (χ4n) is 2.82. The summed E-state index contributed by atoms with van der Waals surface area (Å²) in [7, 11) is 0. The number of ether oxygens (including phenoxy) is 1. The van der Waals surface area contributed by atoms with E-state index in [1.807, 2.05) is 0 Å². The van der Waals surface area contributed by atoms with E-state index < -0.39 is 47.2 Å². The minimum absolute atomic E-state index is 0. The van der Waals surface area contributed by atoms with E-state index in [0.717, 1.165) is 4.90 Å². The molecular weight excluding hydrogens is 460 g/mol. The molecule has 13 heteroatoms. The molecule has 29 heavy (non-hydrogen) atoms. The van der Waals surface area contributed by atoms with Crippen molar-refractivity contribution < 1.29 is 58.4 Å². The van der Waals surface area contributed by atoms with Crippen LogP contribution in [0.1, 0.15) is 26.2 Å². The molecule has 0 aromatic heterocycles. The topological polar surface area (TPSA) is 182 Å². The number of nitrogens with two attached hydrogens (primary N) is 1. The van der Waals surface area contributed by atoms with Gasteiger partial charge in [-0.15, -0.1) is 11.8 Å². The van der Waals surface area contributed by atoms with Gasteiger partial charge in [-0.1, -0.05) is 0 Å². The predicted octanol–water partition coefficient (Wildman–Crippen LogP) is -3.80. The molecule has 0 radical (unpaired) electrons. The van der Waals surface area contributed by atoms with Crippen LogP contribution >= 0.6 is 11.8 Å². The van der Waals surface area contributed by atoms with Gasteiger partial charge in [0.25, 0.3) is 5.91 Å². The van der Waals surface area contributed by atoms with E-state index in [0.29, 0.717) is 0 Å². The van der Waals surface area contributed by atoms with E-state index in [-0.39, 0.29) is 62.4 Å². The molecule has 0 aliphatic carbocycles. The second-order valence-electron chi connectivity index (χ2n) is 6.29. The van der Waals surface area contributed by atoms with E-state index in [1.54, 1.807) is 0 Å². The molecule has 2 aliphatic heterocycles. The molecule has 0 aromatic rings. The maximum absolute atomic E-state index is 12.4. The first-order valence-electron chi connectivity index (χ1n) is 8.40. The first kappa shape index (κ1) is 25.1. The van der Waals surface area contributed by atoms with Crippen molar-refractivity contribution >= 4 is 41.5 Å². The van der Waals surface area contributed by atoms with E-state index >= 15 is 0 Å². The Morgan fingerprint density at radius 3 is 2.55 bits per heavy atom. The van der Waals surface area contributed by atoms with Crippen molar-refractivity contribution in [2.45, 2.75) is 43.6 Å². The van der Waals surface area contributed by atoms with E-state index in [4.69, 9.17) is 10.5 Å². The van der Waals surface area contributed by atoms with Gasteiger partial charge in [0, 0.05) is 30.7 Å². The normalized spacial score (nSPS) is 21.3. The Morgan fingerprint density at radius 2 is 2.00 bits per heavy atom. The second-order valence-corrected chi connectivity index (χ2v) is 7.40. The number of nitrogens with one attached hydrogen (secondary N) is 1. The maximum Gasteiger partial charge on any atom is 2.00 e. The van der Waals surface area contributed by atoms with Gasteiger partial charge in [-0.25, -0.2) is 0 Å². The number of hydrogen-bond donors (Lipinski definition) is 2. The van der Waals surface area contributed by atoms with Crippen molar-refractivity contribution in [3.05, 3.63) is 11.3 Å². The number of nitrogens with zero attached hydrogens (tertiary/aromatic N) is 1. The third-order valence-corrected chi connectivity index (χ3v) is 5.57. The molecule has 2 heterocycles. The molecule has 0 bridgehead atoms. The smallest absolute Gasteiger partial charge is 0.548 e. The summed E-state index contributed by atoms with van der Waals surface area (Å²) in [6.45, 7) is 0.913. The van der Waals surface area contributed by atoms with Crippen LogP contribution in [0.15, 0.2) is 11.3 Å². The van der Waals surface area contributed by atoms with Gasteiger partial charge in [-0.2, -0.15) is 0 Å². The van der Waals surface area contributed by atoms with Gasteiger partial charge in [-0.05, 0) is 12.8 Å². The van der Waals surface area contributed by atoms with Crippen LogP contribution in [0.5, 0.6) is 0 Å². The standard InChI is InChI=1S/C16H21N3O8S.Zn/c1-7(20)27-5-8-6-28-14-11(13(22)19(14)12(8)16(25)26)18-10(21)4-2-3-9(17)15(23)24;/h9,11,14H,2-6,17H2,1H3,(H,18,21)(H,23,24)(H,25,26);/q;+2/p-2/t9-,11+,14+;/m1./s1. The average Bonchev–Trinajstić information content (AvgIpc) is 2.62. The molecule has 2 amide bonds. The molecule has 0 unspecified atom stereocenters. The van der Waals surface area contributed by atoms with Gasteiger partial charge in [0.05, 0.1) is 17.6 Å². The first-order chi connectivity index (χ1) is 13.1. The van der Waals surface area contributed by atoms with E-state index in [1.165, 1.54) is 18.7 Å². The Bertz CT molecular complexity index is 744. The number of carbonyl (C=O) groups is 5. The summed E-state index contributed by atoms with van der Waals surface area (Å²) in [6, 6.07) is -2.08. The number of rotatable bonds is 9. The van der Waals surface area contributed by atoms with Gasteiger partial charge in [0.2, 0.25) is 5.91 Å². The Morgan fingerprint density at radius 1 is 1.34 bits per heavy atom. The number of amides is 2. The zero-order valence-corrected chi connectivity index (χ0v) is 19.5. The molecule has 2 aliphatic rings. The number of carboxylic acids is 2. The third-order valence-electron chi connectivity index (χ3n) is 4.23. The van der Waals surface area contributed by atoms with E-state index in [9.17, 15) is 34.2 Å². The van der Waals surface area contributed by atoms with Gasteiger partial charge >= 0.3 is 25.4 Å². The average molecular weight is 479 g/mol. The van der Waals surface area contributed by atoms with Crippen LogP contribution in [0.4, 0.5) is 0 Å². The third kappa shape index (κ3) is 6.00. The number of carbonyl (C=O) groups excluding carboxylic acids is 5. The molecule has 2 rings (SSSR count). The summed E-state index contributed by atoms with van der Waals surface area (Å²) >= 11 is 1.22. The molecule has 3 atom stereocenters. The van der Waals surface area contributed by atoms with Gasteiger partial charge < -0.3 is 35.6 Å². The molecule has 0 saturated carbocycles. The largest absolute Gasteiger partial charge is 2.00 e. The number of carboxylic acid groups (broad SMARTS) is 2. The summed E-state index contributed by atoms with van der Waals surface area (Å²) in [4.78, 5) is 58.3. The second kappa shape index (κ2) is 10.7. The van der Waals surface area contributed by atoms with Gasteiger partial charge in [0.1, 0.15) is 18.0 Å². The van der Waals surface area contributed by atoms with Crippen molar-refractivity contribution in [1.82, 2.24) is 10.2 Å². The Hall–Kier alpha value is -1.98. The van der Waals surface area contributed by atoms with Crippen LogP contribution in [0.25, 0.3) is 0 Å². The summed E-state index contributed by atoms with van der Waals surface area (Å²) in [5.41, 5.74) is 5.19. The summed E-state index contributed by atoms with van der Waals surface area (Å²) in [5.74, 6) is -4.46. The van der Waals surface area contributed by atoms with E-state index in [2.05, 4.69) is 5.32 Å². The predicted molar refractivity (Wildman–Crippen MR) is 90.5 cm³/mol. The molecule has 11 nitrogen and oxygen atoms in total. The Labute approximate surface area is 183 Å². The van der Waals surface area contributed by atoms with Crippen molar-refractivity contribution in [3.63, 3.8) is 0 Å². The maximum atomic E-state index is 12.4. The summed E-state index contributed by atoms with van der Waals surface area (Å²) in [5, 5.41) is 23.9. The molecule has 0 aromatic carbocycles. The summed E-state index contributed by atoms with van der Waals surface area (Å²) in [6.07, 6.45) is 0.207. The van der Waals surface area contributed by atoms with Gasteiger partial charge in [-0.3, -0.25) is 19.3 Å². The zero-order chi connectivity index (χ0) is 21.0. The van der Waals surface area contributed by atoms with Crippen LogP contribution in [-0.4, -0.2) is 64.4 Å². The van der Waals surface area contributed by atoms with Crippen LogP contribution in [0.3, 0.4) is 0 Å². The van der Waals surface area contributed by atoms with Crippen LogP contribution in [-0.2, 0) is 48.2 Å². The van der Waals surface area contributed by atoms with Crippen LogP contribution in [0, 0.1) is 0 Å². The molecule has 0 spiro atoms. The zero-order valence-electron chi connectivity index (χ0n) is 15.7. The number of β-lactam (4-membered cyclic amide) rings is 1. The number of aliphatic carboxylic acids is 2. The Kier molecular flexibility index (Phi) is 9.25. The summed E-state index contributed by atoms with van der Waals surface area (Å²) < 4.78 is 4.81.